The van der Waals surface area contributed by atoms with E-state index in [9.17, 15) is 14.4 Å². The van der Waals surface area contributed by atoms with Gasteiger partial charge in [-0.05, 0) is 36.6 Å². The van der Waals surface area contributed by atoms with Crippen molar-refractivity contribution in [3.05, 3.63) is 41.3 Å². The number of anilines is 2. The molecule has 0 spiro atoms. The van der Waals surface area contributed by atoms with E-state index < -0.39 is 11.9 Å². The molecule has 1 atom stereocenters. The van der Waals surface area contributed by atoms with Gasteiger partial charge in [-0.2, -0.15) is 0 Å². The van der Waals surface area contributed by atoms with Gasteiger partial charge in [0.15, 0.2) is 0 Å². The van der Waals surface area contributed by atoms with E-state index in [4.69, 9.17) is 0 Å². The number of thioether (sulfide) groups is 1. The number of carbonyl (C=O) groups excluding carboxylic acids is 3. The van der Waals surface area contributed by atoms with E-state index in [2.05, 4.69) is 10.1 Å². The minimum Gasteiger partial charge on any atom is -0.465 e. The fraction of sp³-hybridized carbons (Fsp3) is 0.278. The molecule has 0 saturated carbocycles. The van der Waals surface area contributed by atoms with Gasteiger partial charge in [0.05, 0.1) is 18.0 Å². The Morgan fingerprint density at radius 2 is 2.12 bits per heavy atom. The maximum atomic E-state index is 12.5. The van der Waals surface area contributed by atoms with Crippen molar-refractivity contribution in [2.45, 2.75) is 11.3 Å². The molecule has 2 heterocycles. The van der Waals surface area contributed by atoms with Crippen LogP contribution >= 0.6 is 23.1 Å². The predicted octanol–water partition coefficient (Wildman–Crippen LogP) is 3.25. The number of thiophene rings is 1. The molecule has 136 valence electrons. The molecule has 0 bridgehead atoms. The smallest absolute Gasteiger partial charge is 0.348 e. The average Bonchev–Trinajstić information content (AvgIpc) is 3.28. The Balaban J connectivity index is 1.67. The van der Waals surface area contributed by atoms with Crippen LogP contribution in [0.2, 0.25) is 0 Å². The van der Waals surface area contributed by atoms with Crippen molar-refractivity contribution < 1.29 is 19.1 Å². The molecule has 6 nitrogen and oxygen atoms in total. The van der Waals surface area contributed by atoms with Crippen molar-refractivity contribution in [1.29, 1.82) is 0 Å². The van der Waals surface area contributed by atoms with E-state index in [1.807, 2.05) is 30.5 Å². The number of nitrogens with one attached hydrogen (secondary N) is 1. The first-order chi connectivity index (χ1) is 12.5. The molecule has 0 radical (unpaired) electrons. The van der Waals surface area contributed by atoms with Crippen molar-refractivity contribution in [2.75, 3.05) is 30.1 Å². The summed E-state index contributed by atoms with van der Waals surface area (Å²) in [4.78, 5) is 39.5. The Bertz CT molecular complexity index is 849. The zero-order valence-corrected chi connectivity index (χ0v) is 16.0. The quantitative estimate of drug-likeness (QED) is 0.627. The van der Waals surface area contributed by atoms with E-state index >= 15 is 0 Å². The summed E-state index contributed by atoms with van der Waals surface area (Å²) in [6, 6.07) is 11.0. The van der Waals surface area contributed by atoms with Crippen molar-refractivity contribution in [3.63, 3.8) is 0 Å². The lowest BCUT2D eigenvalue weighted by Crippen LogP contribution is -2.27. The van der Waals surface area contributed by atoms with Crippen molar-refractivity contribution in [2.24, 2.45) is 5.92 Å². The van der Waals surface area contributed by atoms with E-state index in [-0.39, 0.29) is 18.2 Å². The third kappa shape index (κ3) is 3.91. The van der Waals surface area contributed by atoms with Crippen LogP contribution in [-0.2, 0) is 14.3 Å². The standard InChI is InChI=1S/C18H18N2O4S2/c1-24-18(23)14-6-7-15(26-14)19-17(22)11-8-16(21)20(10-11)12-4-3-5-13(9-12)25-2/h3-7,9,11H,8,10H2,1-2H3,(H,19,22). The minimum atomic E-state index is -0.439. The average molecular weight is 390 g/mol. The van der Waals surface area contributed by atoms with Gasteiger partial charge in [-0.1, -0.05) is 6.07 Å². The van der Waals surface area contributed by atoms with Crippen LogP contribution < -0.4 is 10.2 Å². The van der Waals surface area contributed by atoms with E-state index in [1.165, 1.54) is 7.11 Å². The third-order valence-electron chi connectivity index (χ3n) is 4.10. The lowest BCUT2D eigenvalue weighted by atomic mass is 10.1. The van der Waals surface area contributed by atoms with Crippen LogP contribution in [-0.4, -0.2) is 37.7 Å². The van der Waals surface area contributed by atoms with Crippen LogP contribution in [0.15, 0.2) is 41.3 Å². The number of hydrogen-bond acceptors (Lipinski definition) is 6. The summed E-state index contributed by atoms with van der Waals surface area (Å²) in [5.41, 5.74) is 0.807. The molecule has 8 heteroatoms. The normalized spacial score (nSPS) is 16.6. The molecule has 1 aromatic heterocycles. The van der Waals surface area contributed by atoms with Gasteiger partial charge in [0.1, 0.15) is 4.88 Å². The molecule has 1 N–H and O–H groups in total. The number of hydrogen-bond donors (Lipinski definition) is 1. The molecule has 26 heavy (non-hydrogen) atoms. The zero-order chi connectivity index (χ0) is 18.7. The number of carbonyl (C=O) groups is 3. The molecule has 1 unspecified atom stereocenters. The van der Waals surface area contributed by atoms with Crippen LogP contribution in [0.4, 0.5) is 10.7 Å². The SMILES string of the molecule is COC(=O)c1ccc(NC(=O)C2CC(=O)N(c3cccc(SC)c3)C2)s1. The van der Waals surface area contributed by atoms with Gasteiger partial charge < -0.3 is 15.0 Å². The summed E-state index contributed by atoms with van der Waals surface area (Å²) in [6.07, 6.45) is 2.15. The van der Waals surface area contributed by atoms with Gasteiger partial charge in [0.2, 0.25) is 11.8 Å². The predicted molar refractivity (Wildman–Crippen MR) is 103 cm³/mol. The highest BCUT2D eigenvalue weighted by molar-refractivity contribution is 7.98. The molecule has 2 amide bonds. The fourth-order valence-corrected chi connectivity index (χ4v) is 4.03. The van der Waals surface area contributed by atoms with Crippen LogP contribution in [0.5, 0.6) is 0 Å². The highest BCUT2D eigenvalue weighted by Crippen LogP contribution is 2.29. The summed E-state index contributed by atoms with van der Waals surface area (Å²) in [6.45, 7) is 0.345. The van der Waals surface area contributed by atoms with E-state index in [0.717, 1.165) is 21.9 Å². The molecule has 3 rings (SSSR count). The van der Waals surface area contributed by atoms with Crippen LogP contribution in [0.25, 0.3) is 0 Å². The second kappa shape index (κ2) is 7.92. The zero-order valence-electron chi connectivity index (χ0n) is 14.4. The highest BCUT2D eigenvalue weighted by Gasteiger charge is 2.35. The summed E-state index contributed by atoms with van der Waals surface area (Å²) in [5, 5.41) is 3.35. The third-order valence-corrected chi connectivity index (χ3v) is 5.81. The monoisotopic (exact) mass is 390 g/mol. The summed E-state index contributed by atoms with van der Waals surface area (Å²) >= 11 is 2.75. The first kappa shape index (κ1) is 18.5. The van der Waals surface area contributed by atoms with Gasteiger partial charge in [-0.25, -0.2) is 4.79 Å². The Hall–Kier alpha value is -2.32. The molecule has 1 aliphatic rings. The second-order valence-electron chi connectivity index (χ2n) is 5.75. The van der Waals surface area contributed by atoms with E-state index in [1.54, 1.807) is 28.8 Å². The Labute approximate surface area is 159 Å². The Morgan fingerprint density at radius 3 is 2.85 bits per heavy atom. The number of esters is 1. The van der Waals surface area contributed by atoms with Gasteiger partial charge in [-0.3, -0.25) is 9.59 Å². The number of benzene rings is 1. The Morgan fingerprint density at radius 1 is 1.31 bits per heavy atom. The van der Waals surface area contributed by atoms with Crippen molar-refractivity contribution >= 4 is 51.6 Å². The molecule has 0 aliphatic carbocycles. The molecular formula is C18H18N2O4S2. The molecule has 1 fully saturated rings. The second-order valence-corrected chi connectivity index (χ2v) is 7.72. The largest absolute Gasteiger partial charge is 0.465 e. The number of nitrogens with zero attached hydrogens (tertiary/aromatic N) is 1. The van der Waals surface area contributed by atoms with Gasteiger partial charge in [-0.15, -0.1) is 23.1 Å². The minimum absolute atomic E-state index is 0.0650. The van der Waals surface area contributed by atoms with Crippen LogP contribution in [0, 0.1) is 5.92 Å². The van der Waals surface area contributed by atoms with Gasteiger partial charge in [0.25, 0.3) is 0 Å². The van der Waals surface area contributed by atoms with Crippen molar-refractivity contribution in [3.8, 4) is 0 Å². The van der Waals surface area contributed by atoms with E-state index in [0.29, 0.717) is 16.4 Å². The first-order valence-corrected chi connectivity index (χ1v) is 9.99. The highest BCUT2D eigenvalue weighted by atomic mass is 32.2. The number of methoxy groups -OCH3 is 1. The lowest BCUT2D eigenvalue weighted by Gasteiger charge is -2.17. The van der Waals surface area contributed by atoms with Gasteiger partial charge >= 0.3 is 5.97 Å². The van der Waals surface area contributed by atoms with Crippen LogP contribution in [0.3, 0.4) is 0 Å². The van der Waals surface area contributed by atoms with Gasteiger partial charge in [0, 0.05) is 23.5 Å². The molecular weight excluding hydrogens is 372 g/mol. The maximum Gasteiger partial charge on any atom is 0.348 e. The summed E-state index contributed by atoms with van der Waals surface area (Å²) in [5.74, 6) is -1.15. The summed E-state index contributed by atoms with van der Waals surface area (Å²) in [7, 11) is 1.31. The molecule has 1 aromatic carbocycles. The molecule has 1 aliphatic heterocycles. The fourth-order valence-electron chi connectivity index (χ4n) is 2.75. The molecule has 2 aromatic rings. The number of ether oxygens (including phenoxy) is 1. The van der Waals surface area contributed by atoms with Crippen LogP contribution in [0.1, 0.15) is 16.1 Å². The van der Waals surface area contributed by atoms with Crippen molar-refractivity contribution in [1.82, 2.24) is 0 Å². The molecule has 1 saturated heterocycles. The maximum absolute atomic E-state index is 12.5. The topological polar surface area (TPSA) is 75.7 Å². The summed E-state index contributed by atoms with van der Waals surface area (Å²) < 4.78 is 4.66. The first-order valence-electron chi connectivity index (χ1n) is 7.95. The lowest BCUT2D eigenvalue weighted by molar-refractivity contribution is -0.122. The Kier molecular flexibility index (Phi) is 5.63. The number of amides is 2. The number of rotatable bonds is 5.